The van der Waals surface area contributed by atoms with E-state index < -0.39 is 33.4 Å². The molecule has 2 fully saturated rings. The van der Waals surface area contributed by atoms with Gasteiger partial charge < -0.3 is 19.6 Å². The second-order valence-corrected chi connectivity index (χ2v) is 11.9. The van der Waals surface area contributed by atoms with E-state index in [0.717, 1.165) is 32.1 Å². The molecule has 6 atom stereocenters. The Hall–Kier alpha value is -1.80. The SMILES string of the molecule is CCCCCN1CC=C[C@]23S[C@]4(C)/C=C\CCCOC(=O)[C@@H]4[C@H]2C(=O)N([C@@H](CC)CO)C3C1=O. The number of carbonyl (C=O) groups is 3. The zero-order valence-corrected chi connectivity index (χ0v) is 21.4. The molecule has 2 saturated heterocycles. The first-order valence-corrected chi connectivity index (χ1v) is 13.6. The Labute approximate surface area is 206 Å². The number of carbonyl (C=O) groups excluding carboxylic acids is 3. The zero-order chi connectivity index (χ0) is 24.5. The number of aliphatic hydroxyl groups is 1. The number of unbranched alkanes of at least 4 members (excludes halogenated alkanes) is 2. The third-order valence-corrected chi connectivity index (χ3v) is 9.68. The van der Waals surface area contributed by atoms with Gasteiger partial charge in [-0.25, -0.2) is 0 Å². The largest absolute Gasteiger partial charge is 0.465 e. The van der Waals surface area contributed by atoms with Gasteiger partial charge in [-0.15, -0.1) is 11.8 Å². The van der Waals surface area contributed by atoms with Gasteiger partial charge in [0.2, 0.25) is 11.8 Å². The van der Waals surface area contributed by atoms with Crippen LogP contribution in [0, 0.1) is 11.8 Å². The highest BCUT2D eigenvalue weighted by molar-refractivity contribution is 8.02. The number of thioether (sulfide) groups is 1. The predicted octanol–water partition coefficient (Wildman–Crippen LogP) is 2.93. The van der Waals surface area contributed by atoms with Crippen LogP contribution in [0.4, 0.5) is 0 Å². The number of nitrogens with zero attached hydrogens (tertiary/aromatic N) is 2. The number of aliphatic hydroxyl groups excluding tert-OH is 1. The van der Waals surface area contributed by atoms with E-state index in [0.29, 0.717) is 26.1 Å². The van der Waals surface area contributed by atoms with Crippen molar-refractivity contribution in [1.29, 1.82) is 0 Å². The van der Waals surface area contributed by atoms with Crippen LogP contribution in [-0.2, 0) is 19.1 Å². The molecule has 0 bridgehead atoms. The molecular weight excluding hydrogens is 452 g/mol. The fraction of sp³-hybridized carbons (Fsp3) is 0.731. The molecule has 1 spiro atoms. The van der Waals surface area contributed by atoms with Gasteiger partial charge in [0.05, 0.1) is 35.8 Å². The topological polar surface area (TPSA) is 87.2 Å². The summed E-state index contributed by atoms with van der Waals surface area (Å²) in [5.41, 5.74) is 0. The smallest absolute Gasteiger partial charge is 0.311 e. The van der Waals surface area contributed by atoms with E-state index in [-0.39, 0.29) is 24.4 Å². The number of rotatable bonds is 7. The van der Waals surface area contributed by atoms with Crippen molar-refractivity contribution in [2.24, 2.45) is 11.8 Å². The number of ether oxygens (including phenoxy) is 1. The van der Waals surface area contributed by atoms with Gasteiger partial charge in [0.25, 0.3) is 0 Å². The van der Waals surface area contributed by atoms with Crippen molar-refractivity contribution in [2.45, 2.75) is 80.9 Å². The number of allylic oxidation sites excluding steroid dienone is 1. The Morgan fingerprint density at radius 1 is 1.15 bits per heavy atom. The van der Waals surface area contributed by atoms with Crippen LogP contribution in [0.25, 0.3) is 0 Å². The second-order valence-electron chi connectivity index (χ2n) is 10.1. The Balaban J connectivity index is 1.83. The van der Waals surface area contributed by atoms with Crippen LogP contribution in [0.3, 0.4) is 0 Å². The van der Waals surface area contributed by atoms with Crippen LogP contribution in [0.2, 0.25) is 0 Å². The van der Waals surface area contributed by atoms with E-state index in [9.17, 15) is 19.5 Å². The summed E-state index contributed by atoms with van der Waals surface area (Å²) in [6, 6.07) is -1.22. The van der Waals surface area contributed by atoms with Crippen LogP contribution in [0.1, 0.15) is 59.3 Å². The van der Waals surface area contributed by atoms with Crippen molar-refractivity contribution in [3.05, 3.63) is 24.3 Å². The molecule has 1 unspecified atom stereocenters. The van der Waals surface area contributed by atoms with Gasteiger partial charge in [-0.05, 0) is 32.6 Å². The average Bonchev–Trinajstić information content (AvgIpc) is 3.16. The molecule has 0 saturated carbocycles. The van der Waals surface area contributed by atoms with E-state index in [2.05, 4.69) is 19.1 Å². The summed E-state index contributed by atoms with van der Waals surface area (Å²) in [5.74, 6) is -2.06. The van der Waals surface area contributed by atoms with Crippen LogP contribution in [0.15, 0.2) is 24.3 Å². The summed E-state index contributed by atoms with van der Waals surface area (Å²) in [7, 11) is 0. The summed E-state index contributed by atoms with van der Waals surface area (Å²) in [6.45, 7) is 7.29. The average molecular weight is 491 g/mol. The predicted molar refractivity (Wildman–Crippen MR) is 132 cm³/mol. The van der Waals surface area contributed by atoms with Gasteiger partial charge in [-0.3, -0.25) is 14.4 Å². The van der Waals surface area contributed by atoms with E-state index in [1.807, 2.05) is 30.9 Å². The summed E-state index contributed by atoms with van der Waals surface area (Å²) >= 11 is 1.56. The maximum absolute atomic E-state index is 14.1. The van der Waals surface area contributed by atoms with Crippen LogP contribution < -0.4 is 0 Å². The monoisotopic (exact) mass is 490 g/mol. The standard InChI is InChI=1S/C26H38N2O5S/c1-4-6-9-14-27-15-11-13-26-19(22(30)28(18(5-2)17-29)21(26)23(27)31)20-24(32)33-16-10-7-8-12-25(20,3)34-26/h8,11-13,18-21,29H,4-7,9-10,14-17H2,1-3H3/b12-8-/t18-,19-,20-,21?,25+,26-/m0/s1. The first-order chi connectivity index (χ1) is 16.3. The Kier molecular flexibility index (Phi) is 7.48. The molecule has 4 heterocycles. The number of amides is 2. The van der Waals surface area contributed by atoms with Crippen molar-refractivity contribution < 1.29 is 24.2 Å². The lowest BCUT2D eigenvalue weighted by atomic mass is 9.74. The number of fused-ring (bicyclic) bond motifs is 2. The van der Waals surface area contributed by atoms with Gasteiger partial charge in [0.15, 0.2) is 0 Å². The lowest BCUT2D eigenvalue weighted by Crippen LogP contribution is -2.56. The lowest BCUT2D eigenvalue weighted by Gasteiger charge is -2.39. The number of hydrogen-bond donors (Lipinski definition) is 1. The summed E-state index contributed by atoms with van der Waals surface area (Å²) in [6.07, 6.45) is 13.3. The Morgan fingerprint density at radius 3 is 2.65 bits per heavy atom. The van der Waals surface area contributed by atoms with Gasteiger partial charge >= 0.3 is 5.97 Å². The fourth-order valence-electron chi connectivity index (χ4n) is 6.18. The maximum Gasteiger partial charge on any atom is 0.311 e. The number of cyclic esters (lactones) is 1. The molecule has 1 N–H and O–H groups in total. The van der Waals surface area contributed by atoms with Gasteiger partial charge in [0.1, 0.15) is 6.04 Å². The third kappa shape index (κ3) is 4.00. The molecule has 0 aliphatic carbocycles. The van der Waals surface area contributed by atoms with Gasteiger partial charge in [0, 0.05) is 17.8 Å². The molecule has 0 aromatic carbocycles. The minimum atomic E-state index is -0.877. The highest BCUT2D eigenvalue weighted by atomic mass is 32.2. The number of likely N-dealkylation sites (tertiary alicyclic amines) is 1. The van der Waals surface area contributed by atoms with Crippen molar-refractivity contribution in [1.82, 2.24) is 9.80 Å². The maximum atomic E-state index is 14.1. The number of hydrogen-bond acceptors (Lipinski definition) is 6. The van der Waals surface area contributed by atoms with Crippen molar-refractivity contribution >= 4 is 29.5 Å². The van der Waals surface area contributed by atoms with E-state index in [1.165, 1.54) is 0 Å². The van der Waals surface area contributed by atoms with E-state index >= 15 is 0 Å². The molecule has 0 aromatic heterocycles. The second kappa shape index (κ2) is 10.1. The van der Waals surface area contributed by atoms with Crippen LogP contribution in [-0.4, -0.2) is 80.6 Å². The fourth-order valence-corrected chi connectivity index (χ4v) is 8.32. The molecule has 0 aromatic rings. The summed E-state index contributed by atoms with van der Waals surface area (Å²) in [4.78, 5) is 45.1. The quantitative estimate of drug-likeness (QED) is 0.335. The molecule has 2 amide bonds. The molecule has 0 radical (unpaired) electrons. The zero-order valence-electron chi connectivity index (χ0n) is 20.6. The highest BCUT2D eigenvalue weighted by Crippen LogP contribution is 2.65. The Bertz CT molecular complexity index is 871. The van der Waals surface area contributed by atoms with Crippen LogP contribution >= 0.6 is 11.8 Å². The summed E-state index contributed by atoms with van der Waals surface area (Å²) in [5, 5.41) is 10.2. The normalized spacial score (nSPS) is 37.2. The molecule has 188 valence electrons. The van der Waals surface area contributed by atoms with Gasteiger partial charge in [-0.2, -0.15) is 0 Å². The van der Waals surface area contributed by atoms with Gasteiger partial charge in [-0.1, -0.05) is 51.0 Å². The minimum absolute atomic E-state index is 0.0798. The minimum Gasteiger partial charge on any atom is -0.465 e. The molecular formula is C26H38N2O5S. The molecule has 4 aliphatic heterocycles. The lowest BCUT2D eigenvalue weighted by molar-refractivity contribution is -0.154. The summed E-state index contributed by atoms with van der Waals surface area (Å²) < 4.78 is 4.10. The molecule has 8 heteroatoms. The molecule has 4 aliphatic rings. The van der Waals surface area contributed by atoms with Crippen molar-refractivity contribution in [3.8, 4) is 0 Å². The first-order valence-electron chi connectivity index (χ1n) is 12.8. The molecule has 7 nitrogen and oxygen atoms in total. The molecule has 4 rings (SSSR count). The van der Waals surface area contributed by atoms with E-state index in [4.69, 9.17) is 4.74 Å². The third-order valence-electron chi connectivity index (χ3n) is 7.88. The first kappa shape index (κ1) is 25.3. The van der Waals surface area contributed by atoms with Crippen LogP contribution in [0.5, 0.6) is 0 Å². The highest BCUT2D eigenvalue weighted by Gasteiger charge is 2.74. The molecule has 34 heavy (non-hydrogen) atoms. The van der Waals surface area contributed by atoms with Crippen molar-refractivity contribution in [3.63, 3.8) is 0 Å². The van der Waals surface area contributed by atoms with Crippen molar-refractivity contribution in [2.75, 3.05) is 26.3 Å². The Morgan fingerprint density at radius 2 is 1.94 bits per heavy atom. The number of esters is 1. The van der Waals surface area contributed by atoms with E-state index in [1.54, 1.807) is 16.7 Å².